The molecular weight excluding hydrogens is 250 g/mol. The average Bonchev–Trinajstić information content (AvgIpc) is 2.41. The minimum absolute atomic E-state index is 0.540. The van der Waals surface area contributed by atoms with E-state index >= 15 is 0 Å². The van der Waals surface area contributed by atoms with Crippen LogP contribution in [0.2, 0.25) is 0 Å². The topological polar surface area (TPSA) is 21.7 Å². The van der Waals surface area contributed by atoms with Crippen LogP contribution in [0.25, 0.3) is 0 Å². The van der Waals surface area contributed by atoms with Gasteiger partial charge in [-0.05, 0) is 46.2 Å². The van der Waals surface area contributed by atoms with Crippen molar-refractivity contribution in [2.45, 2.75) is 53.1 Å². The largest absolute Gasteiger partial charge is 0.493 e. The van der Waals surface area contributed by atoms with Gasteiger partial charge in [0.25, 0.3) is 0 Å². The Labute approximate surface area is 123 Å². The Balaban J connectivity index is 2.45. The molecule has 114 valence electrons. The van der Waals surface area contributed by atoms with Crippen molar-refractivity contribution in [3.8, 4) is 11.5 Å². The van der Waals surface area contributed by atoms with E-state index in [1.54, 1.807) is 0 Å². The lowest BCUT2D eigenvalue weighted by Crippen LogP contribution is -2.39. The van der Waals surface area contributed by atoms with E-state index in [-0.39, 0.29) is 0 Å². The molecule has 20 heavy (non-hydrogen) atoms. The fraction of sp³-hybridized carbons (Fsp3) is 0.647. The van der Waals surface area contributed by atoms with Gasteiger partial charge in [-0.25, -0.2) is 0 Å². The molecule has 0 bridgehead atoms. The summed E-state index contributed by atoms with van der Waals surface area (Å²) in [5.41, 5.74) is 0. The Morgan fingerprint density at radius 1 is 0.950 bits per heavy atom. The van der Waals surface area contributed by atoms with E-state index in [0.717, 1.165) is 31.1 Å². The van der Waals surface area contributed by atoms with Crippen LogP contribution < -0.4 is 9.47 Å². The summed E-state index contributed by atoms with van der Waals surface area (Å²) in [6, 6.07) is 8.97. The molecule has 3 nitrogen and oxygen atoms in total. The second kappa shape index (κ2) is 8.85. The third-order valence-corrected chi connectivity index (χ3v) is 3.22. The Kier molecular flexibility index (Phi) is 7.45. The molecule has 1 aromatic carbocycles. The van der Waals surface area contributed by atoms with Crippen molar-refractivity contribution in [3.05, 3.63) is 24.3 Å². The number of ether oxygens (including phenoxy) is 2. The number of benzene rings is 1. The fourth-order valence-corrected chi connectivity index (χ4v) is 2.26. The molecule has 0 aliphatic carbocycles. The summed E-state index contributed by atoms with van der Waals surface area (Å²) < 4.78 is 11.4. The molecule has 0 heterocycles. The van der Waals surface area contributed by atoms with Gasteiger partial charge in [0.1, 0.15) is 18.1 Å². The molecule has 0 unspecified atom stereocenters. The molecule has 0 aliphatic rings. The lowest BCUT2D eigenvalue weighted by molar-refractivity contribution is 0.142. The molecule has 0 aromatic heterocycles. The zero-order valence-electron chi connectivity index (χ0n) is 13.6. The van der Waals surface area contributed by atoms with Gasteiger partial charge in [0.15, 0.2) is 0 Å². The molecular formula is C17H29NO2. The van der Waals surface area contributed by atoms with Gasteiger partial charge in [-0.15, -0.1) is 0 Å². The predicted octanol–water partition coefficient (Wildman–Crippen LogP) is 3.97. The van der Waals surface area contributed by atoms with Crippen LogP contribution in [0.5, 0.6) is 11.5 Å². The summed E-state index contributed by atoms with van der Waals surface area (Å²) in [7, 11) is 0. The van der Waals surface area contributed by atoms with E-state index in [1.165, 1.54) is 0 Å². The highest BCUT2D eigenvalue weighted by molar-refractivity contribution is 5.32. The van der Waals surface area contributed by atoms with Gasteiger partial charge >= 0.3 is 0 Å². The first-order valence-electron chi connectivity index (χ1n) is 7.66. The molecule has 0 saturated carbocycles. The number of hydrogen-bond donors (Lipinski definition) is 0. The molecule has 0 aliphatic heterocycles. The molecule has 0 fully saturated rings. The van der Waals surface area contributed by atoms with E-state index in [2.05, 4.69) is 39.5 Å². The molecule has 0 atom stereocenters. The lowest BCUT2D eigenvalue weighted by Gasteiger charge is -2.30. The Hall–Kier alpha value is -1.22. The van der Waals surface area contributed by atoms with Gasteiger partial charge in [-0.1, -0.05) is 13.0 Å². The van der Waals surface area contributed by atoms with Crippen LogP contribution in [-0.2, 0) is 0 Å². The van der Waals surface area contributed by atoms with Crippen LogP contribution in [0, 0.1) is 0 Å². The molecule has 0 saturated heterocycles. The summed E-state index contributed by atoms with van der Waals surface area (Å²) in [5, 5.41) is 0. The average molecular weight is 279 g/mol. The monoisotopic (exact) mass is 279 g/mol. The third kappa shape index (κ3) is 5.83. The first kappa shape index (κ1) is 16.8. The van der Waals surface area contributed by atoms with Crippen LogP contribution in [0.3, 0.4) is 0 Å². The maximum Gasteiger partial charge on any atom is 0.123 e. The van der Waals surface area contributed by atoms with Gasteiger partial charge in [0, 0.05) is 24.7 Å². The van der Waals surface area contributed by atoms with Gasteiger partial charge in [-0.2, -0.15) is 0 Å². The number of hydrogen-bond acceptors (Lipinski definition) is 3. The van der Waals surface area contributed by atoms with Crippen molar-refractivity contribution >= 4 is 0 Å². The standard InChI is InChI=1S/C17H29NO2/c1-6-11-19-16-8-7-9-17(13-16)20-12-10-18(14(2)3)15(4)5/h7-9,13-15H,6,10-12H2,1-5H3. The summed E-state index contributed by atoms with van der Waals surface area (Å²) in [5.74, 6) is 1.76. The van der Waals surface area contributed by atoms with Crippen molar-refractivity contribution in [1.29, 1.82) is 0 Å². The maximum absolute atomic E-state index is 5.84. The van der Waals surface area contributed by atoms with Gasteiger partial charge in [0.05, 0.1) is 6.61 Å². The first-order valence-corrected chi connectivity index (χ1v) is 7.66. The van der Waals surface area contributed by atoms with Crippen molar-refractivity contribution in [1.82, 2.24) is 4.90 Å². The van der Waals surface area contributed by atoms with Crippen LogP contribution in [0.4, 0.5) is 0 Å². The van der Waals surface area contributed by atoms with E-state index in [9.17, 15) is 0 Å². The van der Waals surface area contributed by atoms with Crippen molar-refractivity contribution < 1.29 is 9.47 Å². The van der Waals surface area contributed by atoms with Crippen molar-refractivity contribution in [3.63, 3.8) is 0 Å². The Morgan fingerprint density at radius 3 is 2.00 bits per heavy atom. The van der Waals surface area contributed by atoms with E-state index in [0.29, 0.717) is 18.7 Å². The minimum Gasteiger partial charge on any atom is -0.493 e. The maximum atomic E-state index is 5.84. The quantitative estimate of drug-likeness (QED) is 0.682. The van der Waals surface area contributed by atoms with Crippen molar-refractivity contribution in [2.24, 2.45) is 0 Å². The minimum atomic E-state index is 0.540. The van der Waals surface area contributed by atoms with Crippen LogP contribution in [0.1, 0.15) is 41.0 Å². The highest BCUT2D eigenvalue weighted by atomic mass is 16.5. The molecule has 0 N–H and O–H groups in total. The zero-order chi connectivity index (χ0) is 15.0. The Bertz CT molecular complexity index is 369. The summed E-state index contributed by atoms with van der Waals surface area (Å²) >= 11 is 0. The van der Waals surface area contributed by atoms with Crippen molar-refractivity contribution in [2.75, 3.05) is 19.8 Å². The third-order valence-electron chi connectivity index (χ3n) is 3.22. The molecule has 3 heteroatoms. The van der Waals surface area contributed by atoms with Crippen LogP contribution >= 0.6 is 0 Å². The van der Waals surface area contributed by atoms with Crippen LogP contribution in [-0.4, -0.2) is 36.7 Å². The molecule has 0 radical (unpaired) electrons. The van der Waals surface area contributed by atoms with Gasteiger partial charge in [0.2, 0.25) is 0 Å². The smallest absolute Gasteiger partial charge is 0.123 e. The summed E-state index contributed by atoms with van der Waals surface area (Å²) in [4.78, 5) is 2.43. The van der Waals surface area contributed by atoms with Gasteiger partial charge < -0.3 is 9.47 Å². The highest BCUT2D eigenvalue weighted by Crippen LogP contribution is 2.19. The predicted molar refractivity (Wildman–Crippen MR) is 84.7 cm³/mol. The summed E-state index contributed by atoms with van der Waals surface area (Å²) in [6.07, 6.45) is 1.02. The van der Waals surface area contributed by atoms with Crippen LogP contribution in [0.15, 0.2) is 24.3 Å². The van der Waals surface area contributed by atoms with Gasteiger partial charge in [-0.3, -0.25) is 4.90 Å². The second-order valence-electron chi connectivity index (χ2n) is 5.60. The highest BCUT2D eigenvalue weighted by Gasteiger charge is 2.12. The summed E-state index contributed by atoms with van der Waals surface area (Å²) in [6.45, 7) is 13.4. The first-order chi connectivity index (χ1) is 9.54. The number of nitrogens with zero attached hydrogens (tertiary/aromatic N) is 1. The fourth-order valence-electron chi connectivity index (χ4n) is 2.26. The zero-order valence-corrected chi connectivity index (χ0v) is 13.6. The lowest BCUT2D eigenvalue weighted by atomic mass is 10.2. The van der Waals surface area contributed by atoms with E-state index in [4.69, 9.17) is 9.47 Å². The second-order valence-corrected chi connectivity index (χ2v) is 5.60. The Morgan fingerprint density at radius 2 is 1.50 bits per heavy atom. The molecule has 1 rings (SSSR count). The van der Waals surface area contributed by atoms with E-state index < -0.39 is 0 Å². The molecule has 0 spiro atoms. The SMILES string of the molecule is CCCOc1cccc(OCCN(C(C)C)C(C)C)c1. The van der Waals surface area contributed by atoms with E-state index in [1.807, 2.05) is 24.3 Å². The molecule has 1 aromatic rings. The normalized spacial score (nSPS) is 11.4. The number of rotatable bonds is 9. The molecule has 0 amide bonds.